The molecule has 0 aliphatic carbocycles. The summed E-state index contributed by atoms with van der Waals surface area (Å²) in [7, 11) is 0. The Bertz CT molecular complexity index is 617. The number of rotatable bonds is 3. The molecule has 6 heteroatoms. The van der Waals surface area contributed by atoms with Crippen molar-refractivity contribution in [2.24, 2.45) is 0 Å². The largest absolute Gasteiger partial charge is 0.444 e. The molecule has 112 valence electrons. The Morgan fingerprint density at radius 1 is 1.33 bits per heavy atom. The molecule has 1 heterocycles. The number of hydrogen-bond donors (Lipinski definition) is 1. The second-order valence-electron chi connectivity index (χ2n) is 5.57. The first-order valence-corrected chi connectivity index (χ1v) is 8.18. The number of benzene rings is 1. The van der Waals surface area contributed by atoms with Crippen molar-refractivity contribution in [3.8, 4) is 0 Å². The Hall–Kier alpha value is -1.40. The Labute approximate surface area is 136 Å². The van der Waals surface area contributed by atoms with E-state index in [-0.39, 0.29) is 0 Å². The van der Waals surface area contributed by atoms with Crippen LogP contribution in [0, 0.1) is 0 Å². The van der Waals surface area contributed by atoms with E-state index in [1.54, 1.807) is 0 Å². The predicted octanol–water partition coefficient (Wildman–Crippen LogP) is 4.84. The van der Waals surface area contributed by atoms with Crippen molar-refractivity contribution in [2.45, 2.75) is 32.8 Å². The first-order valence-electron chi connectivity index (χ1n) is 6.51. The number of nitrogens with zero attached hydrogens (tertiary/aromatic N) is 1. The fourth-order valence-corrected chi connectivity index (χ4v) is 2.61. The van der Waals surface area contributed by atoms with Gasteiger partial charge in [0.05, 0.1) is 5.69 Å². The average molecular weight is 369 g/mol. The number of anilines is 1. The molecule has 2 rings (SSSR count). The minimum Gasteiger partial charge on any atom is -0.444 e. The van der Waals surface area contributed by atoms with Crippen molar-refractivity contribution in [1.82, 2.24) is 4.98 Å². The summed E-state index contributed by atoms with van der Waals surface area (Å²) < 4.78 is 6.25. The van der Waals surface area contributed by atoms with E-state index < -0.39 is 11.7 Å². The molecule has 0 unspecified atom stereocenters. The van der Waals surface area contributed by atoms with Gasteiger partial charge in [-0.3, -0.25) is 5.32 Å². The summed E-state index contributed by atoms with van der Waals surface area (Å²) in [5, 5.41) is 5.14. The smallest absolute Gasteiger partial charge is 0.413 e. The third-order valence-corrected chi connectivity index (χ3v) is 3.79. The molecular weight excluding hydrogens is 352 g/mol. The maximum atomic E-state index is 11.7. The fraction of sp³-hybridized carbons (Fsp3) is 0.333. The van der Waals surface area contributed by atoms with Gasteiger partial charge in [0.15, 0.2) is 5.13 Å². The SMILES string of the molecule is CC(C)(C)OC(=O)Nc1nc(Cc2ccc(Br)cc2)cs1. The van der Waals surface area contributed by atoms with Gasteiger partial charge >= 0.3 is 6.09 Å². The summed E-state index contributed by atoms with van der Waals surface area (Å²) in [6, 6.07) is 8.10. The van der Waals surface area contributed by atoms with Crippen LogP contribution in [0.1, 0.15) is 32.0 Å². The summed E-state index contributed by atoms with van der Waals surface area (Å²) in [6.45, 7) is 5.48. The third kappa shape index (κ3) is 5.47. The lowest BCUT2D eigenvalue weighted by atomic mass is 10.1. The number of carbonyl (C=O) groups excluding carboxylic acids is 1. The lowest BCUT2D eigenvalue weighted by Crippen LogP contribution is -2.27. The molecule has 4 nitrogen and oxygen atoms in total. The summed E-state index contributed by atoms with van der Waals surface area (Å²) in [5.74, 6) is 0. The van der Waals surface area contributed by atoms with Gasteiger partial charge in [-0.2, -0.15) is 0 Å². The van der Waals surface area contributed by atoms with Gasteiger partial charge in [0.25, 0.3) is 0 Å². The van der Waals surface area contributed by atoms with Gasteiger partial charge in [0, 0.05) is 16.3 Å². The zero-order valence-corrected chi connectivity index (χ0v) is 14.5. The van der Waals surface area contributed by atoms with Crippen LogP contribution in [-0.2, 0) is 11.2 Å². The number of aromatic nitrogens is 1. The van der Waals surface area contributed by atoms with Crippen LogP contribution in [0.2, 0.25) is 0 Å². The first-order chi connectivity index (χ1) is 9.82. The van der Waals surface area contributed by atoms with Crippen LogP contribution in [-0.4, -0.2) is 16.7 Å². The maximum Gasteiger partial charge on any atom is 0.413 e. The minimum atomic E-state index is -0.512. The van der Waals surface area contributed by atoms with Crippen LogP contribution < -0.4 is 5.32 Å². The number of amides is 1. The van der Waals surface area contributed by atoms with E-state index in [9.17, 15) is 4.79 Å². The zero-order valence-electron chi connectivity index (χ0n) is 12.1. The highest BCUT2D eigenvalue weighted by molar-refractivity contribution is 9.10. The predicted molar refractivity (Wildman–Crippen MR) is 88.9 cm³/mol. The third-order valence-electron chi connectivity index (χ3n) is 2.46. The maximum absolute atomic E-state index is 11.7. The molecule has 1 aromatic heterocycles. The van der Waals surface area contributed by atoms with Gasteiger partial charge in [-0.1, -0.05) is 28.1 Å². The number of carbonyl (C=O) groups is 1. The molecule has 0 bridgehead atoms. The normalized spacial score (nSPS) is 11.2. The van der Waals surface area contributed by atoms with E-state index in [1.807, 2.05) is 50.4 Å². The highest BCUT2D eigenvalue weighted by atomic mass is 79.9. The molecular formula is C15H17BrN2O2S. The summed E-state index contributed by atoms with van der Waals surface area (Å²) in [6.07, 6.45) is 0.256. The molecule has 1 N–H and O–H groups in total. The highest BCUT2D eigenvalue weighted by Crippen LogP contribution is 2.20. The van der Waals surface area contributed by atoms with Crippen LogP contribution in [0.25, 0.3) is 0 Å². The van der Waals surface area contributed by atoms with Crippen LogP contribution in [0.4, 0.5) is 9.93 Å². The van der Waals surface area contributed by atoms with Crippen LogP contribution >= 0.6 is 27.3 Å². The Balaban J connectivity index is 1.95. The van der Waals surface area contributed by atoms with Gasteiger partial charge in [-0.05, 0) is 38.5 Å². The van der Waals surface area contributed by atoms with E-state index >= 15 is 0 Å². The van der Waals surface area contributed by atoms with Crippen LogP contribution in [0.15, 0.2) is 34.1 Å². The second kappa shape index (κ2) is 6.58. The van der Waals surface area contributed by atoms with Crippen molar-refractivity contribution in [1.29, 1.82) is 0 Å². The Kier molecular flexibility index (Phi) is 5.00. The number of ether oxygens (including phenoxy) is 1. The number of halogens is 1. The lowest BCUT2D eigenvalue weighted by molar-refractivity contribution is 0.0636. The molecule has 21 heavy (non-hydrogen) atoms. The molecule has 0 spiro atoms. The van der Waals surface area contributed by atoms with Gasteiger partial charge in [-0.25, -0.2) is 9.78 Å². The summed E-state index contributed by atoms with van der Waals surface area (Å²) >= 11 is 4.80. The van der Waals surface area contributed by atoms with Crippen molar-refractivity contribution in [3.05, 3.63) is 45.4 Å². The standard InChI is InChI=1S/C15H17BrN2O2S/c1-15(2,3)20-14(19)18-13-17-12(9-21-13)8-10-4-6-11(16)7-5-10/h4-7,9H,8H2,1-3H3,(H,17,18,19). The molecule has 0 saturated carbocycles. The molecule has 0 aliphatic rings. The molecule has 0 radical (unpaired) electrons. The zero-order chi connectivity index (χ0) is 15.5. The van der Waals surface area contributed by atoms with Crippen molar-refractivity contribution in [2.75, 3.05) is 5.32 Å². The van der Waals surface area contributed by atoms with Gasteiger partial charge in [0.1, 0.15) is 5.60 Å². The van der Waals surface area contributed by atoms with E-state index in [4.69, 9.17) is 4.74 Å². The molecule has 0 aliphatic heterocycles. The lowest BCUT2D eigenvalue weighted by Gasteiger charge is -2.18. The first kappa shape index (κ1) is 16.0. The summed E-state index contributed by atoms with van der Waals surface area (Å²) in [5.41, 5.74) is 1.59. The second-order valence-corrected chi connectivity index (χ2v) is 7.35. The number of hydrogen-bond acceptors (Lipinski definition) is 4. The Morgan fingerprint density at radius 3 is 2.62 bits per heavy atom. The highest BCUT2D eigenvalue weighted by Gasteiger charge is 2.17. The summed E-state index contributed by atoms with van der Waals surface area (Å²) in [4.78, 5) is 16.1. The molecule has 2 aromatic rings. The molecule has 1 amide bonds. The average Bonchev–Trinajstić information content (AvgIpc) is 2.77. The minimum absolute atomic E-state index is 0.480. The topological polar surface area (TPSA) is 51.2 Å². The number of nitrogens with one attached hydrogen (secondary N) is 1. The fourth-order valence-electron chi connectivity index (χ4n) is 1.65. The monoisotopic (exact) mass is 368 g/mol. The molecule has 0 fully saturated rings. The van der Waals surface area contributed by atoms with Crippen LogP contribution in [0.5, 0.6) is 0 Å². The number of thiazole rings is 1. The van der Waals surface area contributed by atoms with Crippen molar-refractivity contribution < 1.29 is 9.53 Å². The van der Waals surface area contributed by atoms with Gasteiger partial charge in [0.2, 0.25) is 0 Å². The van der Waals surface area contributed by atoms with Crippen molar-refractivity contribution in [3.63, 3.8) is 0 Å². The molecule has 1 aromatic carbocycles. The van der Waals surface area contributed by atoms with E-state index in [2.05, 4.69) is 26.2 Å². The van der Waals surface area contributed by atoms with Crippen molar-refractivity contribution >= 4 is 38.5 Å². The molecule has 0 atom stereocenters. The van der Waals surface area contributed by atoms with E-state index in [1.165, 1.54) is 16.9 Å². The quantitative estimate of drug-likeness (QED) is 0.842. The van der Waals surface area contributed by atoms with Gasteiger partial charge in [-0.15, -0.1) is 11.3 Å². The van der Waals surface area contributed by atoms with E-state index in [0.29, 0.717) is 5.13 Å². The van der Waals surface area contributed by atoms with Gasteiger partial charge < -0.3 is 4.74 Å². The van der Waals surface area contributed by atoms with E-state index in [0.717, 1.165) is 16.6 Å². The Morgan fingerprint density at radius 2 is 2.00 bits per heavy atom. The van der Waals surface area contributed by atoms with Crippen LogP contribution in [0.3, 0.4) is 0 Å². The molecule has 0 saturated heterocycles.